The molecule has 0 aliphatic carbocycles. The summed E-state index contributed by atoms with van der Waals surface area (Å²) >= 11 is 0. The number of hydrogen-bond donors (Lipinski definition) is 1. The number of benzene rings is 1. The van der Waals surface area contributed by atoms with Gasteiger partial charge in [-0.05, 0) is 18.4 Å². The van der Waals surface area contributed by atoms with Crippen LogP contribution < -0.4 is 0 Å². The molecular formula is C15H18O4. The average molecular weight is 262 g/mol. The SMILES string of the molecule is CCOC(=O)C(=C(C(=O)O)C(C)C)c1ccccc1. The summed E-state index contributed by atoms with van der Waals surface area (Å²) in [7, 11) is 0. The number of ether oxygens (including phenoxy) is 1. The predicted molar refractivity (Wildman–Crippen MR) is 72.5 cm³/mol. The third kappa shape index (κ3) is 3.68. The number of hydrogen-bond acceptors (Lipinski definition) is 3. The Bertz CT molecular complexity index is 486. The molecule has 0 bridgehead atoms. The third-order valence-electron chi connectivity index (χ3n) is 2.62. The Morgan fingerprint density at radius 1 is 1.21 bits per heavy atom. The molecule has 0 spiro atoms. The zero-order valence-corrected chi connectivity index (χ0v) is 11.3. The Balaban J connectivity index is 3.46. The van der Waals surface area contributed by atoms with Gasteiger partial charge in [-0.3, -0.25) is 0 Å². The summed E-state index contributed by atoms with van der Waals surface area (Å²) in [5.41, 5.74) is 0.765. The average Bonchev–Trinajstić information content (AvgIpc) is 2.36. The molecule has 102 valence electrons. The van der Waals surface area contributed by atoms with Gasteiger partial charge in [-0.25, -0.2) is 9.59 Å². The largest absolute Gasteiger partial charge is 0.478 e. The van der Waals surface area contributed by atoms with E-state index in [9.17, 15) is 14.7 Å². The molecule has 0 saturated carbocycles. The second-order valence-corrected chi connectivity index (χ2v) is 4.34. The molecule has 0 amide bonds. The standard InChI is InChI=1S/C15H18O4/c1-4-19-15(18)13(11-8-6-5-7-9-11)12(10(2)3)14(16)17/h5-10H,4H2,1-3H3,(H,16,17). The number of carboxylic acids is 1. The molecule has 1 N–H and O–H groups in total. The first kappa shape index (κ1) is 15.0. The van der Waals surface area contributed by atoms with Gasteiger partial charge >= 0.3 is 11.9 Å². The number of carboxylic acid groups (broad SMARTS) is 1. The van der Waals surface area contributed by atoms with E-state index < -0.39 is 11.9 Å². The highest BCUT2D eigenvalue weighted by atomic mass is 16.5. The summed E-state index contributed by atoms with van der Waals surface area (Å²) in [6, 6.07) is 8.74. The lowest BCUT2D eigenvalue weighted by molar-refractivity contribution is -0.137. The molecule has 0 aliphatic heterocycles. The number of rotatable bonds is 5. The number of esters is 1. The molecule has 0 unspecified atom stereocenters. The molecule has 1 aromatic rings. The van der Waals surface area contributed by atoms with Gasteiger partial charge in [-0.1, -0.05) is 44.2 Å². The highest BCUT2D eigenvalue weighted by Crippen LogP contribution is 2.25. The van der Waals surface area contributed by atoms with Crippen molar-refractivity contribution in [2.45, 2.75) is 20.8 Å². The van der Waals surface area contributed by atoms with Gasteiger partial charge in [0.1, 0.15) is 0 Å². The number of carbonyl (C=O) groups excluding carboxylic acids is 1. The zero-order valence-electron chi connectivity index (χ0n) is 11.3. The lowest BCUT2D eigenvalue weighted by Crippen LogP contribution is -2.17. The van der Waals surface area contributed by atoms with Crippen molar-refractivity contribution in [1.82, 2.24) is 0 Å². The van der Waals surface area contributed by atoms with Crippen LogP contribution in [0.4, 0.5) is 0 Å². The van der Waals surface area contributed by atoms with E-state index in [1.165, 1.54) is 0 Å². The maximum atomic E-state index is 12.1. The second kappa shape index (κ2) is 6.73. The summed E-state index contributed by atoms with van der Waals surface area (Å²) in [4.78, 5) is 23.4. The van der Waals surface area contributed by atoms with Crippen LogP contribution in [0.2, 0.25) is 0 Å². The van der Waals surface area contributed by atoms with Gasteiger partial charge in [-0.15, -0.1) is 0 Å². The van der Waals surface area contributed by atoms with Gasteiger partial charge in [0.05, 0.1) is 17.8 Å². The number of carbonyl (C=O) groups is 2. The minimum atomic E-state index is -1.10. The first-order valence-electron chi connectivity index (χ1n) is 6.19. The molecule has 0 aliphatic rings. The maximum Gasteiger partial charge on any atom is 0.339 e. The first-order valence-corrected chi connectivity index (χ1v) is 6.19. The van der Waals surface area contributed by atoms with E-state index in [2.05, 4.69) is 0 Å². The maximum absolute atomic E-state index is 12.1. The van der Waals surface area contributed by atoms with Gasteiger partial charge in [0, 0.05) is 0 Å². The quantitative estimate of drug-likeness (QED) is 0.654. The van der Waals surface area contributed by atoms with Gasteiger partial charge in [-0.2, -0.15) is 0 Å². The molecule has 0 aromatic heterocycles. The van der Waals surface area contributed by atoms with Gasteiger partial charge in [0.2, 0.25) is 0 Å². The fraction of sp³-hybridized carbons (Fsp3) is 0.333. The van der Waals surface area contributed by atoms with Crippen molar-refractivity contribution in [3.8, 4) is 0 Å². The van der Waals surface area contributed by atoms with Crippen LogP contribution in [0.5, 0.6) is 0 Å². The Hall–Kier alpha value is -2.10. The molecular weight excluding hydrogens is 244 g/mol. The third-order valence-corrected chi connectivity index (χ3v) is 2.62. The summed E-state index contributed by atoms with van der Waals surface area (Å²) in [5.74, 6) is -1.97. The molecule has 0 saturated heterocycles. The van der Waals surface area contributed by atoms with Crippen molar-refractivity contribution >= 4 is 17.5 Å². The van der Waals surface area contributed by atoms with Crippen molar-refractivity contribution in [3.63, 3.8) is 0 Å². The summed E-state index contributed by atoms with van der Waals surface area (Å²) in [5, 5.41) is 9.33. The van der Waals surface area contributed by atoms with Crippen LogP contribution in [0.15, 0.2) is 35.9 Å². The lowest BCUT2D eigenvalue weighted by Gasteiger charge is -2.14. The molecule has 1 rings (SSSR count). The van der Waals surface area contributed by atoms with Crippen LogP contribution in [0.3, 0.4) is 0 Å². The molecule has 0 heterocycles. The molecule has 0 radical (unpaired) electrons. The van der Waals surface area contributed by atoms with Crippen LogP contribution in [0, 0.1) is 5.92 Å². The molecule has 0 atom stereocenters. The minimum Gasteiger partial charge on any atom is -0.478 e. The Labute approximate surface area is 112 Å². The molecule has 0 fully saturated rings. The predicted octanol–water partition coefficient (Wildman–Crippen LogP) is 2.74. The van der Waals surface area contributed by atoms with Crippen molar-refractivity contribution in [2.24, 2.45) is 5.92 Å². The lowest BCUT2D eigenvalue weighted by atomic mass is 9.92. The molecule has 19 heavy (non-hydrogen) atoms. The topological polar surface area (TPSA) is 63.6 Å². The number of aliphatic carboxylic acids is 1. The fourth-order valence-electron chi connectivity index (χ4n) is 1.83. The minimum absolute atomic E-state index is 0.0738. The van der Waals surface area contributed by atoms with E-state index in [0.717, 1.165) is 0 Å². The molecule has 1 aromatic carbocycles. The summed E-state index contributed by atoms with van der Waals surface area (Å²) < 4.78 is 4.98. The van der Waals surface area contributed by atoms with E-state index in [1.807, 2.05) is 6.07 Å². The van der Waals surface area contributed by atoms with Crippen molar-refractivity contribution < 1.29 is 19.4 Å². The van der Waals surface area contributed by atoms with Gasteiger partial charge in [0.15, 0.2) is 0 Å². The van der Waals surface area contributed by atoms with E-state index in [4.69, 9.17) is 4.74 Å². The van der Waals surface area contributed by atoms with Crippen LogP contribution in [-0.4, -0.2) is 23.7 Å². The van der Waals surface area contributed by atoms with Crippen molar-refractivity contribution in [2.75, 3.05) is 6.61 Å². The van der Waals surface area contributed by atoms with E-state index in [1.54, 1.807) is 45.0 Å². The fourth-order valence-corrected chi connectivity index (χ4v) is 1.83. The van der Waals surface area contributed by atoms with Crippen molar-refractivity contribution in [1.29, 1.82) is 0 Å². The van der Waals surface area contributed by atoms with E-state index in [0.29, 0.717) is 5.56 Å². The van der Waals surface area contributed by atoms with Gasteiger partial charge in [0.25, 0.3) is 0 Å². The first-order chi connectivity index (χ1) is 8.99. The van der Waals surface area contributed by atoms with Crippen LogP contribution >= 0.6 is 0 Å². The summed E-state index contributed by atoms with van der Waals surface area (Å²) in [6.45, 7) is 5.38. The van der Waals surface area contributed by atoms with Crippen LogP contribution in [-0.2, 0) is 14.3 Å². The zero-order chi connectivity index (χ0) is 14.4. The van der Waals surface area contributed by atoms with Crippen LogP contribution in [0.25, 0.3) is 5.57 Å². The Morgan fingerprint density at radius 3 is 2.21 bits per heavy atom. The normalized spacial score (nSPS) is 12.0. The monoisotopic (exact) mass is 262 g/mol. The highest BCUT2D eigenvalue weighted by molar-refractivity contribution is 6.22. The second-order valence-electron chi connectivity index (χ2n) is 4.34. The van der Waals surface area contributed by atoms with Crippen molar-refractivity contribution in [3.05, 3.63) is 41.5 Å². The molecule has 4 nitrogen and oxygen atoms in total. The van der Waals surface area contributed by atoms with E-state index in [-0.39, 0.29) is 23.7 Å². The van der Waals surface area contributed by atoms with Gasteiger partial charge < -0.3 is 9.84 Å². The smallest absolute Gasteiger partial charge is 0.339 e. The van der Waals surface area contributed by atoms with E-state index >= 15 is 0 Å². The van der Waals surface area contributed by atoms with Crippen LogP contribution in [0.1, 0.15) is 26.3 Å². The summed E-state index contributed by atoms with van der Waals surface area (Å²) in [6.07, 6.45) is 0. The molecule has 4 heteroatoms. The Morgan fingerprint density at radius 2 is 1.79 bits per heavy atom. The Kier molecular flexibility index (Phi) is 5.30. The highest BCUT2D eigenvalue weighted by Gasteiger charge is 2.25.